The van der Waals surface area contributed by atoms with Crippen molar-refractivity contribution in [2.75, 3.05) is 12.3 Å². The summed E-state index contributed by atoms with van der Waals surface area (Å²) in [6, 6.07) is 6.55. The Morgan fingerprint density at radius 3 is 2.47 bits per heavy atom. The molecule has 0 fully saturated rings. The van der Waals surface area contributed by atoms with Gasteiger partial charge in [-0.15, -0.1) is 0 Å². The van der Waals surface area contributed by atoms with Gasteiger partial charge >= 0.3 is 6.09 Å². The summed E-state index contributed by atoms with van der Waals surface area (Å²) in [5.74, 6) is -1.37. The lowest BCUT2D eigenvalue weighted by atomic mass is 9.78. The van der Waals surface area contributed by atoms with Crippen LogP contribution in [0.15, 0.2) is 29.1 Å². The predicted octanol–water partition coefficient (Wildman–Crippen LogP) is 2.33. The fourth-order valence-corrected chi connectivity index (χ4v) is 4.34. The van der Waals surface area contributed by atoms with E-state index < -0.39 is 29.1 Å². The summed E-state index contributed by atoms with van der Waals surface area (Å²) in [5.41, 5.74) is 6.98. The molecule has 1 aromatic heterocycles. The number of benzene rings is 1. The second-order valence-corrected chi connectivity index (χ2v) is 9.84. The van der Waals surface area contributed by atoms with E-state index in [-0.39, 0.29) is 22.4 Å². The van der Waals surface area contributed by atoms with E-state index in [0.717, 1.165) is 17.2 Å². The molecule has 2 aromatic rings. The fraction of sp³-hybridized carbons (Fsp3) is 0.391. The van der Waals surface area contributed by atoms with Crippen molar-refractivity contribution in [1.29, 1.82) is 0 Å². The molecule has 4 rings (SSSR count). The van der Waals surface area contributed by atoms with Crippen molar-refractivity contribution in [2.45, 2.75) is 52.2 Å². The van der Waals surface area contributed by atoms with Crippen molar-refractivity contribution < 1.29 is 19.1 Å². The van der Waals surface area contributed by atoms with E-state index in [1.165, 1.54) is 4.57 Å². The van der Waals surface area contributed by atoms with E-state index in [1.807, 2.05) is 40.7 Å². The van der Waals surface area contributed by atoms with E-state index in [1.54, 1.807) is 17.0 Å². The summed E-state index contributed by atoms with van der Waals surface area (Å²) in [5, 5.41) is 2.16. The van der Waals surface area contributed by atoms with E-state index in [0.29, 0.717) is 18.8 Å². The van der Waals surface area contributed by atoms with Gasteiger partial charge in [0.05, 0.1) is 16.8 Å². The molecule has 9 nitrogen and oxygen atoms in total. The third-order valence-electron chi connectivity index (χ3n) is 5.63. The van der Waals surface area contributed by atoms with Crippen LogP contribution in [0.25, 0.3) is 5.69 Å². The predicted molar refractivity (Wildman–Crippen MR) is 118 cm³/mol. The summed E-state index contributed by atoms with van der Waals surface area (Å²) in [4.78, 5) is 51.2. The number of pyridine rings is 1. The Morgan fingerprint density at radius 2 is 1.81 bits per heavy atom. The maximum atomic E-state index is 12.8. The Labute approximate surface area is 185 Å². The van der Waals surface area contributed by atoms with Gasteiger partial charge in [-0.3, -0.25) is 24.3 Å². The Hall–Kier alpha value is -3.62. The summed E-state index contributed by atoms with van der Waals surface area (Å²) in [7, 11) is 0. The van der Waals surface area contributed by atoms with Crippen LogP contribution >= 0.6 is 0 Å². The van der Waals surface area contributed by atoms with Gasteiger partial charge in [-0.25, -0.2) is 4.79 Å². The highest BCUT2D eigenvalue weighted by Crippen LogP contribution is 2.35. The van der Waals surface area contributed by atoms with E-state index in [2.05, 4.69) is 5.32 Å². The quantitative estimate of drug-likeness (QED) is 0.659. The number of imide groups is 1. The second kappa shape index (κ2) is 6.94. The first-order valence-corrected chi connectivity index (χ1v) is 10.3. The van der Waals surface area contributed by atoms with Crippen molar-refractivity contribution in [3.63, 3.8) is 0 Å². The Morgan fingerprint density at radius 1 is 1.12 bits per heavy atom. The van der Waals surface area contributed by atoms with E-state index >= 15 is 0 Å². The molecule has 0 bridgehead atoms. The van der Waals surface area contributed by atoms with Gasteiger partial charge in [0.25, 0.3) is 17.4 Å². The largest absolute Gasteiger partial charge is 0.444 e. The van der Waals surface area contributed by atoms with Crippen molar-refractivity contribution in [3.05, 3.63) is 56.9 Å². The zero-order chi connectivity index (χ0) is 23.6. The summed E-state index contributed by atoms with van der Waals surface area (Å²) < 4.78 is 6.75. The van der Waals surface area contributed by atoms with Crippen LogP contribution in [0.3, 0.4) is 0 Å². The SMILES string of the molecule is CC(C)(C)OC(=O)N1Cc2cc(-n3c(N)c4c(cc3=O)C(=O)NC4=O)ccc2C(C)(C)C1. The molecule has 0 spiro atoms. The summed E-state index contributed by atoms with van der Waals surface area (Å²) in [6.45, 7) is 10.3. The lowest BCUT2D eigenvalue weighted by Crippen LogP contribution is -2.46. The van der Waals surface area contributed by atoms with Crippen molar-refractivity contribution >= 4 is 23.7 Å². The number of carbonyl (C=O) groups is 3. The normalized spacial score (nSPS) is 17.0. The number of hydrogen-bond acceptors (Lipinski definition) is 6. The molecule has 3 heterocycles. The molecule has 2 aliphatic rings. The topological polar surface area (TPSA) is 124 Å². The molecule has 1 aromatic carbocycles. The Kier molecular flexibility index (Phi) is 4.69. The maximum absolute atomic E-state index is 12.8. The number of nitrogen functional groups attached to an aromatic ring is 1. The van der Waals surface area contributed by atoms with Crippen LogP contribution in [0.5, 0.6) is 0 Å². The van der Waals surface area contributed by atoms with Gasteiger partial charge in [0.15, 0.2) is 0 Å². The molecular formula is C23H26N4O5. The number of ether oxygens (including phenoxy) is 1. The molecule has 9 heteroatoms. The Balaban J connectivity index is 1.79. The molecule has 168 valence electrons. The first-order chi connectivity index (χ1) is 14.8. The van der Waals surface area contributed by atoms with Crippen molar-refractivity contribution in [1.82, 2.24) is 14.8 Å². The lowest BCUT2D eigenvalue weighted by molar-refractivity contribution is 0.0174. The average molecular weight is 438 g/mol. The number of nitrogens with one attached hydrogen (secondary N) is 1. The minimum absolute atomic E-state index is 0.0111. The van der Waals surface area contributed by atoms with E-state index in [9.17, 15) is 19.2 Å². The third-order valence-corrected chi connectivity index (χ3v) is 5.63. The summed E-state index contributed by atoms with van der Waals surface area (Å²) in [6.07, 6.45) is -0.411. The average Bonchev–Trinajstić information content (AvgIpc) is 2.93. The minimum Gasteiger partial charge on any atom is -0.444 e. The van der Waals surface area contributed by atoms with Crippen LogP contribution in [0, 0.1) is 0 Å². The van der Waals surface area contributed by atoms with Gasteiger partial charge in [0, 0.05) is 24.6 Å². The number of aromatic nitrogens is 1. The zero-order valence-corrected chi connectivity index (χ0v) is 18.7. The zero-order valence-electron chi connectivity index (χ0n) is 18.7. The smallest absolute Gasteiger partial charge is 0.410 e. The third kappa shape index (κ3) is 3.53. The molecule has 0 aliphatic carbocycles. The van der Waals surface area contributed by atoms with Crippen LogP contribution in [0.4, 0.5) is 10.6 Å². The highest BCUT2D eigenvalue weighted by molar-refractivity contribution is 6.23. The molecule has 0 saturated heterocycles. The van der Waals surface area contributed by atoms with Crippen molar-refractivity contribution in [3.8, 4) is 5.69 Å². The number of carbonyl (C=O) groups excluding carboxylic acids is 3. The number of rotatable bonds is 1. The number of anilines is 1. The molecule has 0 saturated carbocycles. The van der Waals surface area contributed by atoms with Gasteiger partial charge in [0.2, 0.25) is 0 Å². The lowest BCUT2D eigenvalue weighted by Gasteiger charge is -2.40. The molecule has 3 N–H and O–H groups in total. The standard InChI is InChI=1S/C23H26N4O5/c1-22(2,3)32-21(31)26-10-12-8-13(6-7-15(12)23(4,5)11-26)27-16(28)9-14-17(18(27)24)20(30)25-19(14)29/h6-9H,10-11,24H2,1-5H3,(H,25,29,30). The highest BCUT2D eigenvalue weighted by Gasteiger charge is 2.36. The Bertz CT molecular complexity index is 1240. The number of nitrogens with zero attached hydrogens (tertiary/aromatic N) is 2. The van der Waals surface area contributed by atoms with Gasteiger partial charge < -0.3 is 15.4 Å². The molecule has 3 amide bonds. The maximum Gasteiger partial charge on any atom is 0.410 e. The molecule has 0 radical (unpaired) electrons. The fourth-order valence-electron chi connectivity index (χ4n) is 4.34. The van der Waals surface area contributed by atoms with Gasteiger partial charge in [-0.05, 0) is 44.0 Å². The van der Waals surface area contributed by atoms with Crippen LogP contribution in [-0.2, 0) is 16.7 Å². The minimum atomic E-state index is -0.638. The monoisotopic (exact) mass is 438 g/mol. The van der Waals surface area contributed by atoms with Crippen LogP contribution in [-0.4, -0.2) is 39.5 Å². The highest BCUT2D eigenvalue weighted by atomic mass is 16.6. The molecular weight excluding hydrogens is 412 g/mol. The first kappa shape index (κ1) is 21.6. The molecule has 0 unspecified atom stereocenters. The van der Waals surface area contributed by atoms with Gasteiger partial charge in [-0.2, -0.15) is 0 Å². The van der Waals surface area contributed by atoms with E-state index in [4.69, 9.17) is 10.5 Å². The molecule has 2 aliphatic heterocycles. The van der Waals surface area contributed by atoms with Crippen LogP contribution in [0.2, 0.25) is 0 Å². The number of fused-ring (bicyclic) bond motifs is 2. The molecule has 0 atom stereocenters. The number of amides is 3. The van der Waals surface area contributed by atoms with Gasteiger partial charge in [-0.1, -0.05) is 19.9 Å². The second-order valence-electron chi connectivity index (χ2n) is 9.84. The van der Waals surface area contributed by atoms with Crippen LogP contribution < -0.4 is 16.6 Å². The number of hydrogen-bond donors (Lipinski definition) is 2. The van der Waals surface area contributed by atoms with Gasteiger partial charge in [0.1, 0.15) is 11.4 Å². The number of nitrogens with two attached hydrogens (primary N) is 1. The summed E-state index contributed by atoms with van der Waals surface area (Å²) >= 11 is 0. The first-order valence-electron chi connectivity index (χ1n) is 10.3. The van der Waals surface area contributed by atoms with Crippen LogP contribution in [0.1, 0.15) is 66.5 Å². The molecule has 32 heavy (non-hydrogen) atoms. The van der Waals surface area contributed by atoms with Crippen molar-refractivity contribution in [2.24, 2.45) is 0 Å².